The maximum absolute atomic E-state index is 4.44. The molecule has 3 rings (SSSR count). The van der Waals surface area contributed by atoms with Gasteiger partial charge in [-0.3, -0.25) is 0 Å². The maximum Gasteiger partial charge on any atom is 0.106 e. The van der Waals surface area contributed by atoms with Crippen molar-refractivity contribution in [1.82, 2.24) is 9.88 Å². The van der Waals surface area contributed by atoms with Crippen molar-refractivity contribution in [3.05, 3.63) is 22.4 Å². The second kappa shape index (κ2) is 4.58. The molecule has 4 heteroatoms. The van der Waals surface area contributed by atoms with E-state index in [1.807, 2.05) is 6.07 Å². The Bertz CT molecular complexity index is 421. The molecule has 2 fully saturated rings. The lowest BCUT2D eigenvalue weighted by Crippen LogP contribution is -2.39. The molecule has 3 unspecified atom stereocenters. The van der Waals surface area contributed by atoms with Crippen molar-refractivity contribution in [3.8, 4) is 0 Å². The van der Waals surface area contributed by atoms with Crippen molar-refractivity contribution in [1.29, 1.82) is 0 Å². The predicted octanol–water partition coefficient (Wildman–Crippen LogP) is 2.66. The van der Waals surface area contributed by atoms with E-state index < -0.39 is 0 Å². The molecule has 3 atom stereocenters. The van der Waals surface area contributed by atoms with Crippen LogP contribution in [0, 0.1) is 12.8 Å². The maximum atomic E-state index is 4.44. The normalized spacial score (nSPS) is 31.5. The summed E-state index contributed by atoms with van der Waals surface area (Å²) in [6.07, 6.45) is 2.61. The summed E-state index contributed by atoms with van der Waals surface area (Å²) in [6, 6.07) is 4.78. The van der Waals surface area contributed by atoms with Gasteiger partial charge in [0.15, 0.2) is 0 Å². The Morgan fingerprint density at radius 1 is 1.35 bits per heavy atom. The molecule has 17 heavy (non-hydrogen) atoms. The Morgan fingerprint density at radius 3 is 3.00 bits per heavy atom. The van der Waals surface area contributed by atoms with Crippen LogP contribution in [0.1, 0.15) is 18.5 Å². The van der Waals surface area contributed by atoms with Crippen LogP contribution in [-0.4, -0.2) is 35.6 Å². The summed E-state index contributed by atoms with van der Waals surface area (Å²) in [5.74, 6) is 0.826. The summed E-state index contributed by atoms with van der Waals surface area (Å²) < 4.78 is 0.913. The van der Waals surface area contributed by atoms with Crippen LogP contribution in [0.4, 0.5) is 5.69 Å². The van der Waals surface area contributed by atoms with E-state index in [0.717, 1.165) is 16.2 Å². The molecule has 0 spiro atoms. The Labute approximate surface area is 111 Å². The van der Waals surface area contributed by atoms with Gasteiger partial charge in [0.05, 0.1) is 11.4 Å². The van der Waals surface area contributed by atoms with Crippen LogP contribution in [0.3, 0.4) is 0 Å². The molecule has 2 aliphatic rings. The van der Waals surface area contributed by atoms with Gasteiger partial charge in [0, 0.05) is 19.1 Å². The van der Waals surface area contributed by atoms with Crippen LogP contribution < -0.4 is 5.32 Å². The molecule has 1 N–H and O–H groups in total. The van der Waals surface area contributed by atoms with Crippen LogP contribution in [-0.2, 0) is 0 Å². The van der Waals surface area contributed by atoms with E-state index in [0.29, 0.717) is 6.04 Å². The Balaban J connectivity index is 1.73. The molecular formula is C13H18BrN3. The van der Waals surface area contributed by atoms with Crippen molar-refractivity contribution < 1.29 is 0 Å². The molecule has 92 valence electrons. The molecule has 1 aromatic rings. The van der Waals surface area contributed by atoms with Crippen LogP contribution in [0.2, 0.25) is 0 Å². The van der Waals surface area contributed by atoms with Gasteiger partial charge < -0.3 is 10.2 Å². The van der Waals surface area contributed by atoms with Gasteiger partial charge in [0.1, 0.15) is 4.60 Å². The van der Waals surface area contributed by atoms with Crippen molar-refractivity contribution >= 4 is 21.6 Å². The van der Waals surface area contributed by atoms with Crippen LogP contribution >= 0.6 is 15.9 Å². The smallest absolute Gasteiger partial charge is 0.106 e. The van der Waals surface area contributed by atoms with Crippen LogP contribution in [0.5, 0.6) is 0 Å². The highest BCUT2D eigenvalue weighted by atomic mass is 79.9. The van der Waals surface area contributed by atoms with Crippen molar-refractivity contribution in [2.45, 2.75) is 25.8 Å². The van der Waals surface area contributed by atoms with E-state index in [1.54, 1.807) is 0 Å². The highest BCUT2D eigenvalue weighted by Crippen LogP contribution is 2.30. The Kier molecular flexibility index (Phi) is 3.09. The van der Waals surface area contributed by atoms with E-state index in [1.165, 1.54) is 38.2 Å². The highest BCUT2D eigenvalue weighted by molar-refractivity contribution is 9.10. The molecule has 2 bridgehead atoms. The molecular weight excluding hydrogens is 278 g/mol. The summed E-state index contributed by atoms with van der Waals surface area (Å²) in [5, 5.41) is 3.69. The fourth-order valence-corrected chi connectivity index (χ4v) is 3.42. The van der Waals surface area contributed by atoms with Gasteiger partial charge in [-0.05, 0) is 60.3 Å². The zero-order valence-electron chi connectivity index (χ0n) is 10.1. The second-order valence-electron chi connectivity index (χ2n) is 5.16. The molecule has 1 aromatic heterocycles. The number of pyridine rings is 1. The molecule has 2 saturated heterocycles. The van der Waals surface area contributed by atoms with Crippen molar-refractivity contribution in [2.75, 3.05) is 25.0 Å². The third-order valence-corrected chi connectivity index (χ3v) is 4.47. The van der Waals surface area contributed by atoms with Gasteiger partial charge in [0.25, 0.3) is 0 Å². The van der Waals surface area contributed by atoms with E-state index in [-0.39, 0.29) is 0 Å². The topological polar surface area (TPSA) is 28.2 Å². The van der Waals surface area contributed by atoms with Gasteiger partial charge in [-0.25, -0.2) is 4.98 Å². The van der Waals surface area contributed by atoms with Gasteiger partial charge in [-0.1, -0.05) is 0 Å². The first-order chi connectivity index (χ1) is 8.22. The zero-order chi connectivity index (χ0) is 11.8. The summed E-state index contributed by atoms with van der Waals surface area (Å²) in [6.45, 7) is 5.88. The molecule has 0 aliphatic carbocycles. The third kappa shape index (κ3) is 2.33. The number of hydrogen-bond donors (Lipinski definition) is 1. The van der Waals surface area contributed by atoms with Gasteiger partial charge in [0.2, 0.25) is 0 Å². The van der Waals surface area contributed by atoms with Gasteiger partial charge in [-0.15, -0.1) is 0 Å². The molecule has 0 saturated carbocycles. The SMILES string of the molecule is Cc1nc(Br)ccc1NC1CCN2CCC1C2. The number of aryl methyl sites for hydroxylation is 1. The van der Waals surface area contributed by atoms with Crippen LogP contribution in [0.15, 0.2) is 16.7 Å². The van der Waals surface area contributed by atoms with Crippen molar-refractivity contribution in [2.24, 2.45) is 5.92 Å². The summed E-state index contributed by atoms with van der Waals surface area (Å²) in [4.78, 5) is 7.02. The summed E-state index contributed by atoms with van der Waals surface area (Å²) >= 11 is 3.41. The van der Waals surface area contributed by atoms with Gasteiger partial charge >= 0.3 is 0 Å². The first-order valence-electron chi connectivity index (χ1n) is 6.34. The largest absolute Gasteiger partial charge is 0.380 e. The predicted molar refractivity (Wildman–Crippen MR) is 73.2 cm³/mol. The second-order valence-corrected chi connectivity index (χ2v) is 5.97. The van der Waals surface area contributed by atoms with E-state index >= 15 is 0 Å². The zero-order valence-corrected chi connectivity index (χ0v) is 11.7. The average Bonchev–Trinajstić information content (AvgIpc) is 2.69. The first-order valence-corrected chi connectivity index (χ1v) is 7.14. The standard InChI is InChI=1S/C13H18BrN3/c1-9-11(2-3-13(14)15-9)16-12-5-7-17-6-4-10(12)8-17/h2-3,10,12,16H,4-8H2,1H3. The number of hydrogen-bond acceptors (Lipinski definition) is 3. The van der Waals surface area contributed by atoms with Crippen molar-refractivity contribution in [3.63, 3.8) is 0 Å². The Hall–Kier alpha value is -0.610. The lowest BCUT2D eigenvalue weighted by Gasteiger charge is -2.32. The molecule has 3 heterocycles. The minimum atomic E-state index is 0.635. The van der Waals surface area contributed by atoms with E-state index in [2.05, 4.69) is 44.1 Å². The number of fused-ring (bicyclic) bond motifs is 2. The highest BCUT2D eigenvalue weighted by Gasteiger charge is 2.34. The molecule has 0 radical (unpaired) electrons. The van der Waals surface area contributed by atoms with E-state index in [4.69, 9.17) is 0 Å². The molecule has 0 aromatic carbocycles. The van der Waals surface area contributed by atoms with E-state index in [9.17, 15) is 0 Å². The number of anilines is 1. The van der Waals surface area contributed by atoms with Crippen LogP contribution in [0.25, 0.3) is 0 Å². The minimum Gasteiger partial charge on any atom is -0.380 e. The summed E-state index contributed by atoms with van der Waals surface area (Å²) in [5.41, 5.74) is 2.28. The number of nitrogens with zero attached hydrogens (tertiary/aromatic N) is 2. The quantitative estimate of drug-likeness (QED) is 0.851. The minimum absolute atomic E-state index is 0.635. The number of piperidine rings is 1. The fourth-order valence-electron chi connectivity index (χ4n) is 3.02. The molecule has 0 amide bonds. The first kappa shape index (κ1) is 11.5. The molecule has 2 aliphatic heterocycles. The third-order valence-electron chi connectivity index (χ3n) is 4.03. The monoisotopic (exact) mass is 295 g/mol. The average molecular weight is 296 g/mol. The Morgan fingerprint density at radius 2 is 2.18 bits per heavy atom. The lowest BCUT2D eigenvalue weighted by molar-refractivity contribution is 0.255. The number of aromatic nitrogens is 1. The number of nitrogens with one attached hydrogen (secondary N) is 1. The number of halogens is 1. The summed E-state index contributed by atoms with van der Waals surface area (Å²) in [7, 11) is 0. The lowest BCUT2D eigenvalue weighted by atomic mass is 9.94. The molecule has 3 nitrogen and oxygen atoms in total. The van der Waals surface area contributed by atoms with Gasteiger partial charge in [-0.2, -0.15) is 0 Å². The number of rotatable bonds is 2. The fraction of sp³-hybridized carbons (Fsp3) is 0.615.